The highest BCUT2D eigenvalue weighted by Gasteiger charge is 2.48. The molecule has 6 aromatic rings. The van der Waals surface area contributed by atoms with Crippen LogP contribution < -0.4 is 9.44 Å². The van der Waals surface area contributed by atoms with E-state index in [-0.39, 0.29) is 10.6 Å². The normalized spacial score (nSPS) is 12.1. The maximum atomic E-state index is 13.6. The van der Waals surface area contributed by atoms with Gasteiger partial charge in [-0.2, -0.15) is 13.2 Å². The number of aromatic nitrogens is 1. The van der Waals surface area contributed by atoms with Gasteiger partial charge in [-0.1, -0.05) is 65.9 Å². The van der Waals surface area contributed by atoms with Crippen molar-refractivity contribution < 1.29 is 30.9 Å². The standard InChI is InChI=1S/C40H29ClF3N3O4S3/c1-26-35(25-48)38(39(47(26)2)29-15-17-31(41)18-16-29)30-8-6-7-28(23-30)12-11-27-13-19-32(20-14-27)46-53(49)34-21-22-36(45-52-33-9-4-3-5-10-33)37(24-34)54(50,51)40(42,43)44/h3-10,13-25,45-46H,1-2H3. The summed E-state index contributed by atoms with van der Waals surface area (Å²) < 4.78 is 86.5. The fourth-order valence-electron chi connectivity index (χ4n) is 5.54. The molecule has 0 fully saturated rings. The first kappa shape index (κ1) is 38.6. The first-order valence-corrected chi connectivity index (χ1v) is 19.8. The van der Waals surface area contributed by atoms with Gasteiger partial charge in [0.15, 0.2) is 11.2 Å². The largest absolute Gasteiger partial charge is 0.588 e. The summed E-state index contributed by atoms with van der Waals surface area (Å²) in [5.74, 6) is 6.23. The summed E-state index contributed by atoms with van der Waals surface area (Å²) in [6, 6.07) is 33.3. The van der Waals surface area contributed by atoms with E-state index in [0.29, 0.717) is 32.3 Å². The van der Waals surface area contributed by atoms with E-state index in [1.165, 1.54) is 6.07 Å². The third kappa shape index (κ3) is 8.33. The highest BCUT2D eigenvalue weighted by Crippen LogP contribution is 2.39. The Morgan fingerprint density at radius 2 is 1.54 bits per heavy atom. The summed E-state index contributed by atoms with van der Waals surface area (Å²) in [5.41, 5.74) is 0.529. The lowest BCUT2D eigenvalue weighted by atomic mass is 9.96. The number of hydrogen-bond donors (Lipinski definition) is 2. The van der Waals surface area contributed by atoms with Crippen LogP contribution in [0.5, 0.6) is 0 Å². The molecule has 1 aromatic heterocycles. The Bertz CT molecular complexity index is 2500. The van der Waals surface area contributed by atoms with Crippen molar-refractivity contribution in [1.82, 2.24) is 4.57 Å². The SMILES string of the molecule is Cc1c(C=O)c(-c2cccc(C#Cc3ccc(N[S+]([O-])c4ccc(NSc5ccccc5)c(S(=O)(=O)C(F)(F)F)c4)cc3)c2)c(-c2ccc(Cl)cc2)n1C. The highest BCUT2D eigenvalue weighted by molar-refractivity contribution is 8.00. The lowest BCUT2D eigenvalue weighted by molar-refractivity contribution is -0.0435. The van der Waals surface area contributed by atoms with Crippen molar-refractivity contribution in [1.29, 1.82) is 0 Å². The van der Waals surface area contributed by atoms with E-state index in [1.807, 2.05) is 54.9 Å². The van der Waals surface area contributed by atoms with E-state index < -0.39 is 31.6 Å². The minimum absolute atomic E-state index is 0.178. The number of carbonyl (C=O) groups excluding carboxylic acids is 1. The van der Waals surface area contributed by atoms with Crippen LogP contribution in [-0.2, 0) is 28.2 Å². The molecule has 0 bridgehead atoms. The number of anilines is 2. The Hall–Kier alpha value is -5.10. The second kappa shape index (κ2) is 16.1. The number of halogens is 4. The van der Waals surface area contributed by atoms with Crippen molar-refractivity contribution in [3.63, 3.8) is 0 Å². The zero-order chi connectivity index (χ0) is 38.6. The molecule has 0 radical (unpaired) electrons. The third-order valence-electron chi connectivity index (χ3n) is 8.35. The molecule has 2 N–H and O–H groups in total. The van der Waals surface area contributed by atoms with Gasteiger partial charge in [0.1, 0.15) is 16.3 Å². The first-order chi connectivity index (χ1) is 25.8. The predicted molar refractivity (Wildman–Crippen MR) is 209 cm³/mol. The molecule has 0 aliphatic carbocycles. The van der Waals surface area contributed by atoms with Crippen LogP contribution in [0.15, 0.2) is 136 Å². The summed E-state index contributed by atoms with van der Waals surface area (Å²) in [5, 5.41) is 0.601. The van der Waals surface area contributed by atoms with Gasteiger partial charge in [-0.3, -0.25) is 4.79 Å². The van der Waals surface area contributed by atoms with Crippen LogP contribution in [0, 0.1) is 18.8 Å². The zero-order valence-electron chi connectivity index (χ0n) is 28.4. The van der Waals surface area contributed by atoms with E-state index in [2.05, 4.69) is 21.3 Å². The zero-order valence-corrected chi connectivity index (χ0v) is 31.6. The van der Waals surface area contributed by atoms with Gasteiger partial charge in [-0.25, -0.2) is 13.1 Å². The van der Waals surface area contributed by atoms with Crippen LogP contribution in [0.1, 0.15) is 27.2 Å². The molecule has 274 valence electrons. The second-order valence-corrected chi connectivity index (χ2v) is 16.2. The average molecular weight is 804 g/mol. The van der Waals surface area contributed by atoms with E-state index in [9.17, 15) is 30.9 Å². The van der Waals surface area contributed by atoms with E-state index in [0.717, 1.165) is 58.4 Å². The molecule has 54 heavy (non-hydrogen) atoms. The number of aldehydes is 1. The molecule has 14 heteroatoms. The number of sulfone groups is 1. The number of hydrogen-bond acceptors (Lipinski definition) is 7. The van der Waals surface area contributed by atoms with Crippen molar-refractivity contribution >= 4 is 62.4 Å². The monoisotopic (exact) mass is 803 g/mol. The van der Waals surface area contributed by atoms with Crippen molar-refractivity contribution in [3.05, 3.63) is 149 Å². The topological polar surface area (TPSA) is 103 Å². The molecule has 1 atom stereocenters. The molecule has 0 saturated carbocycles. The highest BCUT2D eigenvalue weighted by atomic mass is 35.5. The summed E-state index contributed by atoms with van der Waals surface area (Å²) in [4.78, 5) is 11.7. The number of carbonyl (C=O) groups is 1. The Kier molecular flexibility index (Phi) is 11.5. The maximum Gasteiger partial charge on any atom is 0.501 e. The lowest BCUT2D eigenvalue weighted by Crippen LogP contribution is -2.24. The second-order valence-electron chi connectivity index (χ2n) is 11.8. The average Bonchev–Trinajstić information content (AvgIpc) is 3.42. The smallest absolute Gasteiger partial charge is 0.501 e. The Balaban J connectivity index is 1.21. The Labute approximate surface area is 322 Å². The molecule has 0 aliphatic heterocycles. The van der Waals surface area contributed by atoms with Crippen LogP contribution in [0.3, 0.4) is 0 Å². The van der Waals surface area contributed by atoms with Crippen molar-refractivity contribution in [3.8, 4) is 34.2 Å². The number of nitrogens with zero attached hydrogens (tertiary/aromatic N) is 1. The summed E-state index contributed by atoms with van der Waals surface area (Å²) in [7, 11) is -3.88. The fraction of sp³-hybridized carbons (Fsp3) is 0.0750. The van der Waals surface area contributed by atoms with Crippen LogP contribution in [-0.4, -0.2) is 29.3 Å². The quantitative estimate of drug-likeness (QED) is 0.0615. The number of rotatable bonds is 10. The molecule has 0 saturated heterocycles. The number of alkyl halides is 3. The van der Waals surface area contributed by atoms with Gasteiger partial charge < -0.3 is 13.8 Å². The molecule has 0 spiro atoms. The molecule has 0 amide bonds. The molecule has 1 unspecified atom stereocenters. The van der Waals surface area contributed by atoms with Crippen molar-refractivity contribution in [2.24, 2.45) is 7.05 Å². The van der Waals surface area contributed by atoms with Gasteiger partial charge in [0.2, 0.25) is 0 Å². The van der Waals surface area contributed by atoms with Gasteiger partial charge >= 0.3 is 5.51 Å². The molecule has 0 aliphatic rings. The molecule has 6 rings (SSSR count). The van der Waals surface area contributed by atoms with Crippen molar-refractivity contribution in [2.45, 2.75) is 27.1 Å². The molecule has 1 heterocycles. The summed E-state index contributed by atoms with van der Waals surface area (Å²) >= 11 is 4.95. The minimum Gasteiger partial charge on any atom is -0.588 e. The van der Waals surface area contributed by atoms with Gasteiger partial charge in [0.25, 0.3) is 9.84 Å². The van der Waals surface area contributed by atoms with Gasteiger partial charge in [0.05, 0.1) is 17.1 Å². The van der Waals surface area contributed by atoms with E-state index in [4.69, 9.17) is 11.6 Å². The predicted octanol–water partition coefficient (Wildman–Crippen LogP) is 10.1. The third-order valence-corrected chi connectivity index (χ3v) is 12.1. The fourth-order valence-corrected chi connectivity index (χ4v) is 8.33. The van der Waals surface area contributed by atoms with Crippen molar-refractivity contribution in [2.75, 3.05) is 9.44 Å². The minimum atomic E-state index is -5.79. The van der Waals surface area contributed by atoms with Gasteiger partial charge in [-0.15, -0.1) is 0 Å². The van der Waals surface area contributed by atoms with Gasteiger partial charge in [-0.05, 0) is 103 Å². The maximum absolute atomic E-state index is 13.6. The number of nitrogens with one attached hydrogen (secondary N) is 2. The van der Waals surface area contributed by atoms with E-state index >= 15 is 0 Å². The summed E-state index contributed by atoms with van der Waals surface area (Å²) in [6.45, 7) is 1.89. The summed E-state index contributed by atoms with van der Waals surface area (Å²) in [6.07, 6.45) is 0.854. The molecular weight excluding hydrogens is 775 g/mol. The van der Waals surface area contributed by atoms with Crippen LogP contribution >= 0.6 is 23.5 Å². The Morgan fingerprint density at radius 1 is 0.852 bits per heavy atom. The molecule has 7 nitrogen and oxygen atoms in total. The van der Waals surface area contributed by atoms with E-state index in [1.54, 1.807) is 66.7 Å². The van der Waals surface area contributed by atoms with Crippen LogP contribution in [0.2, 0.25) is 5.02 Å². The molecule has 5 aromatic carbocycles. The number of benzene rings is 5. The van der Waals surface area contributed by atoms with Crippen LogP contribution in [0.4, 0.5) is 24.5 Å². The Morgan fingerprint density at radius 3 is 2.20 bits per heavy atom. The molecular formula is C40H29ClF3N3O4S3. The van der Waals surface area contributed by atoms with Crippen LogP contribution in [0.25, 0.3) is 22.4 Å². The lowest BCUT2D eigenvalue weighted by Gasteiger charge is -2.16. The first-order valence-electron chi connectivity index (χ1n) is 16.0. The van der Waals surface area contributed by atoms with Gasteiger partial charge in [0, 0.05) is 51.0 Å².